The van der Waals surface area contributed by atoms with E-state index in [2.05, 4.69) is 43.0 Å². The number of hydrogen-bond acceptors (Lipinski definition) is 1. The Hall–Kier alpha value is -1.31. The van der Waals surface area contributed by atoms with Crippen molar-refractivity contribution in [1.82, 2.24) is 4.90 Å². The molecule has 31 heavy (non-hydrogen) atoms. The molecule has 0 saturated heterocycles. The fourth-order valence-electron chi connectivity index (χ4n) is 4.29. The summed E-state index contributed by atoms with van der Waals surface area (Å²) in [4.78, 5) is 15.1. The molecule has 0 bridgehead atoms. The van der Waals surface area contributed by atoms with Gasteiger partial charge in [-0.1, -0.05) is 134 Å². The van der Waals surface area contributed by atoms with E-state index in [-0.39, 0.29) is 0 Å². The maximum atomic E-state index is 12.9. The first kappa shape index (κ1) is 27.7. The molecule has 178 valence electrons. The lowest BCUT2D eigenvalue weighted by atomic mass is 10.1. The van der Waals surface area contributed by atoms with Crippen molar-refractivity contribution in [3.63, 3.8) is 0 Å². The summed E-state index contributed by atoms with van der Waals surface area (Å²) in [5.74, 6) is 0.356. The van der Waals surface area contributed by atoms with Crippen molar-refractivity contribution in [2.75, 3.05) is 13.1 Å². The molecule has 0 saturated carbocycles. The number of benzene rings is 1. The maximum absolute atomic E-state index is 12.9. The zero-order valence-electron chi connectivity index (χ0n) is 20.9. The van der Waals surface area contributed by atoms with Crippen LogP contribution in [0.1, 0.15) is 129 Å². The topological polar surface area (TPSA) is 20.3 Å². The molecule has 1 rings (SSSR count). The average molecular weight is 430 g/mol. The monoisotopic (exact) mass is 429 g/mol. The Labute approximate surface area is 194 Å². The minimum atomic E-state index is 0.356. The second kappa shape index (κ2) is 20.6. The quantitative estimate of drug-likeness (QED) is 0.179. The molecular formula is C29H51NO. The molecule has 2 nitrogen and oxygen atoms in total. The van der Waals surface area contributed by atoms with Gasteiger partial charge in [0.05, 0.1) is 0 Å². The summed E-state index contributed by atoms with van der Waals surface area (Å²) in [6.45, 7) is 6.46. The van der Waals surface area contributed by atoms with Crippen LogP contribution < -0.4 is 0 Å². The highest BCUT2D eigenvalue weighted by molar-refractivity contribution is 5.76. The van der Waals surface area contributed by atoms with Crippen molar-refractivity contribution in [3.05, 3.63) is 35.9 Å². The zero-order chi connectivity index (χ0) is 22.4. The van der Waals surface area contributed by atoms with Gasteiger partial charge in [-0.2, -0.15) is 0 Å². The number of carbonyl (C=O) groups is 1. The molecule has 1 aromatic carbocycles. The van der Waals surface area contributed by atoms with Gasteiger partial charge in [-0.15, -0.1) is 0 Å². The third-order valence-corrected chi connectivity index (χ3v) is 6.39. The summed E-state index contributed by atoms with van der Waals surface area (Å²) in [7, 11) is 0. The van der Waals surface area contributed by atoms with Gasteiger partial charge in [0.25, 0.3) is 0 Å². The molecule has 0 aromatic heterocycles. The smallest absolute Gasteiger partial charge is 0.222 e. The van der Waals surface area contributed by atoms with Crippen LogP contribution in [0, 0.1) is 0 Å². The molecule has 2 heteroatoms. The zero-order valence-corrected chi connectivity index (χ0v) is 20.9. The van der Waals surface area contributed by atoms with Gasteiger partial charge >= 0.3 is 0 Å². The van der Waals surface area contributed by atoms with Crippen LogP contribution in [0.25, 0.3) is 0 Å². The van der Waals surface area contributed by atoms with E-state index in [9.17, 15) is 4.79 Å². The van der Waals surface area contributed by atoms with Crippen LogP contribution in [-0.4, -0.2) is 23.9 Å². The highest BCUT2D eigenvalue weighted by Gasteiger charge is 2.13. The van der Waals surface area contributed by atoms with Crippen molar-refractivity contribution >= 4 is 5.91 Å². The van der Waals surface area contributed by atoms with E-state index < -0.39 is 0 Å². The molecule has 1 aromatic rings. The summed E-state index contributed by atoms with van der Waals surface area (Å²) in [5.41, 5.74) is 1.27. The number of rotatable bonds is 21. The van der Waals surface area contributed by atoms with Gasteiger partial charge in [0.1, 0.15) is 0 Å². The SMILES string of the molecule is CCCCCCCCCCN(CCCCCCCCCC)C(=O)CCc1ccccc1. The van der Waals surface area contributed by atoms with Gasteiger partial charge in [-0.3, -0.25) is 4.79 Å². The first-order chi connectivity index (χ1) is 15.3. The molecule has 0 fully saturated rings. The molecule has 0 N–H and O–H groups in total. The first-order valence-corrected chi connectivity index (χ1v) is 13.6. The van der Waals surface area contributed by atoms with E-state index >= 15 is 0 Å². The minimum absolute atomic E-state index is 0.356. The molecular weight excluding hydrogens is 378 g/mol. The Morgan fingerprint density at radius 2 is 1.03 bits per heavy atom. The van der Waals surface area contributed by atoms with Gasteiger partial charge in [0.15, 0.2) is 0 Å². The third kappa shape index (κ3) is 16.0. The summed E-state index contributed by atoms with van der Waals surface area (Å²) in [6.07, 6.45) is 22.7. The minimum Gasteiger partial charge on any atom is -0.343 e. The van der Waals surface area contributed by atoms with E-state index in [1.807, 2.05) is 6.07 Å². The highest BCUT2D eigenvalue weighted by Crippen LogP contribution is 2.13. The molecule has 0 aliphatic carbocycles. The fraction of sp³-hybridized carbons (Fsp3) is 0.759. The number of nitrogens with zero attached hydrogens (tertiary/aromatic N) is 1. The standard InChI is InChI=1S/C29H51NO/c1-3-5-7-9-11-13-15-20-26-30(27-21-16-14-12-10-8-6-4-2)29(31)25-24-28-22-18-17-19-23-28/h17-19,22-23H,3-16,20-21,24-27H2,1-2H3. The van der Waals surface area contributed by atoms with Gasteiger partial charge in [0.2, 0.25) is 5.91 Å². The van der Waals surface area contributed by atoms with Crippen LogP contribution >= 0.6 is 0 Å². The van der Waals surface area contributed by atoms with Crippen molar-refractivity contribution in [3.8, 4) is 0 Å². The van der Waals surface area contributed by atoms with Gasteiger partial charge in [0, 0.05) is 19.5 Å². The van der Waals surface area contributed by atoms with Gasteiger partial charge in [-0.05, 0) is 24.8 Å². The Balaban J connectivity index is 2.28. The van der Waals surface area contributed by atoms with E-state index in [0.717, 1.165) is 19.5 Å². The Bertz CT molecular complexity index is 493. The van der Waals surface area contributed by atoms with Crippen molar-refractivity contribution in [2.45, 2.75) is 129 Å². The lowest BCUT2D eigenvalue weighted by molar-refractivity contribution is -0.131. The van der Waals surface area contributed by atoms with Crippen LogP contribution in [0.2, 0.25) is 0 Å². The molecule has 0 spiro atoms. The number of carbonyl (C=O) groups excluding carboxylic acids is 1. The maximum Gasteiger partial charge on any atom is 0.222 e. The molecule has 0 aliphatic heterocycles. The van der Waals surface area contributed by atoms with E-state index in [1.54, 1.807) is 0 Å². The second-order valence-corrected chi connectivity index (χ2v) is 9.32. The lowest BCUT2D eigenvalue weighted by Crippen LogP contribution is -2.33. The Morgan fingerprint density at radius 3 is 1.48 bits per heavy atom. The third-order valence-electron chi connectivity index (χ3n) is 6.39. The van der Waals surface area contributed by atoms with E-state index in [4.69, 9.17) is 0 Å². The lowest BCUT2D eigenvalue weighted by Gasteiger charge is -2.23. The Morgan fingerprint density at radius 1 is 0.613 bits per heavy atom. The largest absolute Gasteiger partial charge is 0.343 e. The van der Waals surface area contributed by atoms with Crippen molar-refractivity contribution in [1.29, 1.82) is 0 Å². The van der Waals surface area contributed by atoms with Crippen LogP contribution in [0.3, 0.4) is 0 Å². The summed E-state index contributed by atoms with van der Waals surface area (Å²) >= 11 is 0. The summed E-state index contributed by atoms with van der Waals surface area (Å²) in [5, 5.41) is 0. The van der Waals surface area contributed by atoms with Crippen LogP contribution in [-0.2, 0) is 11.2 Å². The van der Waals surface area contributed by atoms with Crippen molar-refractivity contribution < 1.29 is 4.79 Å². The van der Waals surface area contributed by atoms with Crippen LogP contribution in [0.15, 0.2) is 30.3 Å². The fourth-order valence-corrected chi connectivity index (χ4v) is 4.29. The molecule has 1 amide bonds. The number of amides is 1. The number of hydrogen-bond donors (Lipinski definition) is 0. The summed E-state index contributed by atoms with van der Waals surface area (Å²) in [6, 6.07) is 10.4. The first-order valence-electron chi connectivity index (χ1n) is 13.6. The summed E-state index contributed by atoms with van der Waals surface area (Å²) < 4.78 is 0. The number of aryl methyl sites for hydroxylation is 1. The van der Waals surface area contributed by atoms with Gasteiger partial charge in [-0.25, -0.2) is 0 Å². The van der Waals surface area contributed by atoms with Crippen molar-refractivity contribution in [2.24, 2.45) is 0 Å². The van der Waals surface area contributed by atoms with Crippen LogP contribution in [0.5, 0.6) is 0 Å². The highest BCUT2D eigenvalue weighted by atomic mass is 16.2. The predicted octanol–water partition coefficient (Wildman–Crippen LogP) is 8.73. The average Bonchev–Trinajstić information content (AvgIpc) is 2.80. The van der Waals surface area contributed by atoms with Gasteiger partial charge < -0.3 is 4.90 Å². The van der Waals surface area contributed by atoms with E-state index in [1.165, 1.54) is 108 Å². The predicted molar refractivity (Wildman–Crippen MR) is 137 cm³/mol. The number of unbranched alkanes of at least 4 members (excludes halogenated alkanes) is 14. The Kier molecular flexibility index (Phi) is 18.4. The normalized spacial score (nSPS) is 11.0. The molecule has 0 unspecified atom stereocenters. The van der Waals surface area contributed by atoms with Crippen LogP contribution in [0.4, 0.5) is 0 Å². The molecule has 0 atom stereocenters. The second-order valence-electron chi connectivity index (χ2n) is 9.32. The molecule has 0 aliphatic rings. The molecule has 0 heterocycles. The molecule has 0 radical (unpaired) electrons. The van der Waals surface area contributed by atoms with E-state index in [0.29, 0.717) is 12.3 Å².